The van der Waals surface area contributed by atoms with Gasteiger partial charge in [0.05, 0.1) is 6.42 Å². The van der Waals surface area contributed by atoms with Crippen LogP contribution in [0, 0.1) is 11.7 Å². The second-order valence-electron chi connectivity index (χ2n) is 5.03. The maximum atomic E-state index is 13.0. The highest BCUT2D eigenvalue weighted by Gasteiger charge is 2.09. The van der Waals surface area contributed by atoms with Gasteiger partial charge in [0.2, 0.25) is 5.91 Å². The van der Waals surface area contributed by atoms with Gasteiger partial charge in [0, 0.05) is 6.54 Å². The molecule has 0 saturated heterocycles. The first kappa shape index (κ1) is 15.7. The predicted octanol–water partition coefficient (Wildman–Crippen LogP) is 3.70. The first-order chi connectivity index (χ1) is 9.15. The molecule has 2 nitrogen and oxygen atoms in total. The minimum absolute atomic E-state index is 0.0273. The molecule has 0 heterocycles. The molecule has 0 aliphatic rings. The topological polar surface area (TPSA) is 29.1 Å². The Balaban J connectivity index is 2.34. The molecule has 0 aliphatic heterocycles. The average molecular weight is 265 g/mol. The van der Waals surface area contributed by atoms with Crippen molar-refractivity contribution in [3.05, 3.63) is 35.6 Å². The van der Waals surface area contributed by atoms with Crippen LogP contribution in [0.2, 0.25) is 0 Å². The third-order valence-corrected chi connectivity index (χ3v) is 3.38. The summed E-state index contributed by atoms with van der Waals surface area (Å²) < 4.78 is 13.0. The molecule has 0 unspecified atom stereocenters. The van der Waals surface area contributed by atoms with Crippen LogP contribution in [-0.4, -0.2) is 12.5 Å². The lowest BCUT2D eigenvalue weighted by Gasteiger charge is -2.15. The fraction of sp³-hybridized carbons (Fsp3) is 0.562. The average Bonchev–Trinajstić information content (AvgIpc) is 2.39. The van der Waals surface area contributed by atoms with E-state index in [2.05, 4.69) is 19.2 Å². The molecule has 0 radical (unpaired) electrons. The molecule has 0 aliphatic carbocycles. The number of rotatable bonds is 8. The molecule has 0 aromatic heterocycles. The summed E-state index contributed by atoms with van der Waals surface area (Å²) in [4.78, 5) is 11.8. The van der Waals surface area contributed by atoms with E-state index in [9.17, 15) is 9.18 Å². The van der Waals surface area contributed by atoms with Gasteiger partial charge in [0.25, 0.3) is 0 Å². The van der Waals surface area contributed by atoms with E-state index >= 15 is 0 Å². The van der Waals surface area contributed by atoms with Crippen LogP contribution in [0.25, 0.3) is 0 Å². The molecule has 3 heteroatoms. The quantitative estimate of drug-likeness (QED) is 0.763. The molecular weight excluding hydrogens is 241 g/mol. The Morgan fingerprint density at radius 2 is 2.16 bits per heavy atom. The monoisotopic (exact) mass is 265 g/mol. The van der Waals surface area contributed by atoms with Gasteiger partial charge in [0.1, 0.15) is 5.82 Å². The summed E-state index contributed by atoms with van der Waals surface area (Å²) in [7, 11) is 0. The van der Waals surface area contributed by atoms with Gasteiger partial charge in [-0.2, -0.15) is 0 Å². The number of halogens is 1. The fourth-order valence-corrected chi connectivity index (χ4v) is 2.10. The van der Waals surface area contributed by atoms with Gasteiger partial charge in [0.15, 0.2) is 0 Å². The Morgan fingerprint density at radius 1 is 1.37 bits per heavy atom. The summed E-state index contributed by atoms with van der Waals surface area (Å²) in [5.74, 6) is 0.233. The largest absolute Gasteiger partial charge is 0.356 e. The standard InChI is InChI=1S/C16H24FNO/c1-3-5-7-13(4-2)12-18-16(19)11-14-8-6-9-15(17)10-14/h6,8-10,13H,3-5,7,11-12H2,1-2H3,(H,18,19)/t13-/m1/s1. The zero-order chi connectivity index (χ0) is 14.1. The summed E-state index contributed by atoms with van der Waals surface area (Å²) >= 11 is 0. The van der Waals surface area contributed by atoms with Gasteiger partial charge >= 0.3 is 0 Å². The Morgan fingerprint density at radius 3 is 2.79 bits per heavy atom. The maximum Gasteiger partial charge on any atom is 0.224 e. The molecule has 0 fully saturated rings. The number of carbonyl (C=O) groups excluding carboxylic acids is 1. The highest BCUT2D eigenvalue weighted by atomic mass is 19.1. The van der Waals surface area contributed by atoms with Crippen LogP contribution >= 0.6 is 0 Å². The molecule has 19 heavy (non-hydrogen) atoms. The van der Waals surface area contributed by atoms with Gasteiger partial charge in [-0.25, -0.2) is 4.39 Å². The summed E-state index contributed by atoms with van der Waals surface area (Å²) in [6, 6.07) is 6.21. The lowest BCUT2D eigenvalue weighted by molar-refractivity contribution is -0.120. The van der Waals surface area contributed by atoms with E-state index in [-0.39, 0.29) is 18.1 Å². The smallest absolute Gasteiger partial charge is 0.224 e. The highest BCUT2D eigenvalue weighted by Crippen LogP contribution is 2.11. The van der Waals surface area contributed by atoms with Crippen molar-refractivity contribution in [1.82, 2.24) is 5.32 Å². The Labute approximate surface area is 115 Å². The minimum Gasteiger partial charge on any atom is -0.356 e. The highest BCUT2D eigenvalue weighted by molar-refractivity contribution is 5.78. The van der Waals surface area contributed by atoms with E-state index in [1.807, 2.05) is 0 Å². The summed E-state index contributed by atoms with van der Waals surface area (Å²) in [6.45, 7) is 5.05. The molecule has 1 amide bonds. The zero-order valence-corrected chi connectivity index (χ0v) is 11.9. The van der Waals surface area contributed by atoms with Crippen LogP contribution in [0.1, 0.15) is 45.1 Å². The van der Waals surface area contributed by atoms with Crippen molar-refractivity contribution in [1.29, 1.82) is 0 Å². The Kier molecular flexibility index (Phi) is 7.16. The molecule has 0 spiro atoms. The number of amides is 1. The Bertz CT molecular complexity index is 392. The molecule has 1 rings (SSSR count). The van der Waals surface area contributed by atoms with E-state index in [1.54, 1.807) is 12.1 Å². The summed E-state index contributed by atoms with van der Waals surface area (Å²) in [5, 5.41) is 2.95. The number of carbonyl (C=O) groups is 1. The normalized spacial score (nSPS) is 12.2. The van der Waals surface area contributed by atoms with Gasteiger partial charge < -0.3 is 5.32 Å². The molecule has 1 aromatic carbocycles. The van der Waals surface area contributed by atoms with Gasteiger partial charge in [-0.05, 0) is 30.0 Å². The van der Waals surface area contributed by atoms with Gasteiger partial charge in [-0.1, -0.05) is 45.2 Å². The van der Waals surface area contributed by atoms with E-state index in [0.717, 1.165) is 24.9 Å². The molecule has 1 atom stereocenters. The van der Waals surface area contributed by atoms with Crippen molar-refractivity contribution in [3.8, 4) is 0 Å². The van der Waals surface area contributed by atoms with Crippen LogP contribution in [0.3, 0.4) is 0 Å². The number of nitrogens with one attached hydrogen (secondary N) is 1. The molecule has 106 valence electrons. The van der Waals surface area contributed by atoms with E-state index in [4.69, 9.17) is 0 Å². The molecule has 1 aromatic rings. The van der Waals surface area contributed by atoms with Crippen LogP contribution in [0.15, 0.2) is 24.3 Å². The van der Waals surface area contributed by atoms with Crippen molar-refractivity contribution in [2.75, 3.05) is 6.54 Å². The third-order valence-electron chi connectivity index (χ3n) is 3.38. The van der Waals surface area contributed by atoms with Crippen molar-refractivity contribution in [2.24, 2.45) is 5.92 Å². The fourth-order valence-electron chi connectivity index (χ4n) is 2.10. The molecule has 0 bridgehead atoms. The van der Waals surface area contributed by atoms with Crippen molar-refractivity contribution >= 4 is 5.91 Å². The van der Waals surface area contributed by atoms with Crippen molar-refractivity contribution < 1.29 is 9.18 Å². The minimum atomic E-state index is -0.292. The van der Waals surface area contributed by atoms with Crippen LogP contribution in [-0.2, 0) is 11.2 Å². The van der Waals surface area contributed by atoms with Crippen molar-refractivity contribution in [3.63, 3.8) is 0 Å². The summed E-state index contributed by atoms with van der Waals surface area (Å²) in [6.07, 6.45) is 4.89. The predicted molar refractivity (Wildman–Crippen MR) is 76.4 cm³/mol. The van der Waals surface area contributed by atoms with Gasteiger partial charge in [-0.15, -0.1) is 0 Å². The second kappa shape index (κ2) is 8.68. The third kappa shape index (κ3) is 6.37. The van der Waals surface area contributed by atoms with E-state index < -0.39 is 0 Å². The SMILES string of the molecule is CCCC[C@@H](CC)CNC(=O)Cc1cccc(F)c1. The number of benzene rings is 1. The zero-order valence-electron chi connectivity index (χ0n) is 11.9. The van der Waals surface area contributed by atoms with E-state index in [0.29, 0.717) is 5.92 Å². The Hall–Kier alpha value is -1.38. The van der Waals surface area contributed by atoms with E-state index in [1.165, 1.54) is 25.0 Å². The second-order valence-corrected chi connectivity index (χ2v) is 5.03. The lowest BCUT2D eigenvalue weighted by atomic mass is 9.99. The number of hydrogen-bond acceptors (Lipinski definition) is 1. The lowest BCUT2D eigenvalue weighted by Crippen LogP contribution is -2.30. The molecule has 1 N–H and O–H groups in total. The first-order valence-corrected chi connectivity index (χ1v) is 7.16. The molecule has 0 saturated carbocycles. The van der Waals surface area contributed by atoms with Crippen LogP contribution in [0.5, 0.6) is 0 Å². The number of hydrogen-bond donors (Lipinski definition) is 1. The van der Waals surface area contributed by atoms with Gasteiger partial charge in [-0.3, -0.25) is 4.79 Å². The molecular formula is C16H24FNO. The summed E-state index contributed by atoms with van der Waals surface area (Å²) in [5.41, 5.74) is 0.721. The van der Waals surface area contributed by atoms with Crippen molar-refractivity contribution in [2.45, 2.75) is 46.0 Å². The first-order valence-electron chi connectivity index (χ1n) is 7.16. The maximum absolute atomic E-state index is 13.0. The number of unbranched alkanes of at least 4 members (excludes halogenated alkanes) is 1. The van der Waals surface area contributed by atoms with Crippen LogP contribution < -0.4 is 5.32 Å². The van der Waals surface area contributed by atoms with Crippen LogP contribution in [0.4, 0.5) is 4.39 Å².